The lowest BCUT2D eigenvalue weighted by atomic mass is 10.1. The molecule has 0 N–H and O–H groups in total. The topological polar surface area (TPSA) is 63.7 Å². The largest absolute Gasteiger partial charge is 0.363 e. The SMILES string of the molecule is O=C(ON1C(=O)CCC1=O)c1ccc(C(F)F)cc1. The second-order valence-electron chi connectivity index (χ2n) is 3.88. The Labute approximate surface area is 106 Å². The van der Waals surface area contributed by atoms with E-state index < -0.39 is 24.2 Å². The molecule has 1 aliphatic rings. The predicted molar refractivity (Wildman–Crippen MR) is 57.9 cm³/mol. The molecular weight excluding hydrogens is 260 g/mol. The summed E-state index contributed by atoms with van der Waals surface area (Å²) >= 11 is 0. The van der Waals surface area contributed by atoms with Crippen LogP contribution < -0.4 is 0 Å². The Balaban J connectivity index is 2.07. The Bertz CT molecular complexity index is 511. The van der Waals surface area contributed by atoms with E-state index in [1.807, 2.05) is 0 Å². The number of hydrogen-bond acceptors (Lipinski definition) is 4. The van der Waals surface area contributed by atoms with E-state index >= 15 is 0 Å². The summed E-state index contributed by atoms with van der Waals surface area (Å²) in [5.74, 6) is -2.13. The van der Waals surface area contributed by atoms with Crippen molar-refractivity contribution in [3.63, 3.8) is 0 Å². The third kappa shape index (κ3) is 2.75. The van der Waals surface area contributed by atoms with Crippen LogP contribution in [0.5, 0.6) is 0 Å². The Hall–Kier alpha value is -2.31. The molecule has 0 unspecified atom stereocenters. The first-order valence-electron chi connectivity index (χ1n) is 5.45. The minimum Gasteiger partial charge on any atom is -0.325 e. The van der Waals surface area contributed by atoms with Crippen molar-refractivity contribution >= 4 is 17.8 Å². The van der Waals surface area contributed by atoms with Crippen molar-refractivity contribution in [1.29, 1.82) is 0 Å². The van der Waals surface area contributed by atoms with Crippen molar-refractivity contribution in [3.8, 4) is 0 Å². The molecule has 2 amide bonds. The van der Waals surface area contributed by atoms with Crippen LogP contribution in [0.4, 0.5) is 8.78 Å². The van der Waals surface area contributed by atoms with E-state index in [2.05, 4.69) is 4.84 Å². The van der Waals surface area contributed by atoms with Crippen LogP contribution >= 0.6 is 0 Å². The summed E-state index contributed by atoms with van der Waals surface area (Å²) in [5, 5.41) is 0.406. The first kappa shape index (κ1) is 13.1. The smallest absolute Gasteiger partial charge is 0.325 e. The van der Waals surface area contributed by atoms with Gasteiger partial charge >= 0.3 is 5.97 Å². The zero-order valence-electron chi connectivity index (χ0n) is 9.64. The molecule has 1 aliphatic heterocycles. The van der Waals surface area contributed by atoms with Gasteiger partial charge in [-0.25, -0.2) is 13.6 Å². The van der Waals surface area contributed by atoms with Gasteiger partial charge in [0.1, 0.15) is 0 Å². The fourth-order valence-electron chi connectivity index (χ4n) is 1.56. The molecular formula is C12H9F2NO4. The molecule has 1 heterocycles. The molecule has 1 aromatic carbocycles. The molecule has 1 aromatic rings. The van der Waals surface area contributed by atoms with Gasteiger partial charge in [-0.3, -0.25) is 9.59 Å². The Morgan fingerprint density at radius 3 is 2.11 bits per heavy atom. The molecule has 0 saturated carbocycles. The number of hydroxylamine groups is 2. The predicted octanol–water partition coefficient (Wildman–Crippen LogP) is 1.84. The zero-order chi connectivity index (χ0) is 14.0. The van der Waals surface area contributed by atoms with Crippen LogP contribution in [0.3, 0.4) is 0 Å². The summed E-state index contributed by atoms with van der Waals surface area (Å²) in [6, 6.07) is 4.45. The molecule has 0 bridgehead atoms. The Kier molecular flexibility index (Phi) is 3.55. The quantitative estimate of drug-likeness (QED) is 0.785. The summed E-state index contributed by atoms with van der Waals surface area (Å²) in [5.41, 5.74) is -0.248. The summed E-state index contributed by atoms with van der Waals surface area (Å²) < 4.78 is 24.6. The van der Waals surface area contributed by atoms with E-state index in [9.17, 15) is 23.2 Å². The molecule has 0 atom stereocenters. The highest BCUT2D eigenvalue weighted by molar-refractivity contribution is 6.02. The van der Waals surface area contributed by atoms with E-state index in [1.54, 1.807) is 0 Å². The van der Waals surface area contributed by atoms with Crippen molar-refractivity contribution in [2.45, 2.75) is 19.3 Å². The van der Waals surface area contributed by atoms with Crippen molar-refractivity contribution < 1.29 is 28.0 Å². The van der Waals surface area contributed by atoms with Crippen molar-refractivity contribution in [1.82, 2.24) is 5.06 Å². The lowest BCUT2D eigenvalue weighted by Gasteiger charge is -2.12. The van der Waals surface area contributed by atoms with Gasteiger partial charge in [0.2, 0.25) is 0 Å². The van der Waals surface area contributed by atoms with Crippen LogP contribution in [0.1, 0.15) is 35.2 Å². The highest BCUT2D eigenvalue weighted by Crippen LogP contribution is 2.20. The lowest BCUT2D eigenvalue weighted by molar-refractivity contribution is -0.172. The number of alkyl halides is 2. The number of carbonyl (C=O) groups is 3. The molecule has 7 heteroatoms. The van der Waals surface area contributed by atoms with Gasteiger partial charge in [0.25, 0.3) is 18.2 Å². The monoisotopic (exact) mass is 269 g/mol. The Morgan fingerprint density at radius 1 is 1.11 bits per heavy atom. The maximum absolute atomic E-state index is 12.3. The molecule has 0 aromatic heterocycles. The van der Waals surface area contributed by atoms with Gasteiger partial charge in [-0.05, 0) is 12.1 Å². The fourth-order valence-corrected chi connectivity index (χ4v) is 1.56. The van der Waals surface area contributed by atoms with E-state index in [4.69, 9.17) is 0 Å². The normalized spacial score (nSPS) is 15.2. The standard InChI is InChI=1S/C12H9F2NO4/c13-11(14)7-1-3-8(4-2-7)12(18)19-15-9(16)5-6-10(15)17/h1-4,11H,5-6H2. The van der Waals surface area contributed by atoms with Crippen molar-refractivity contribution in [2.24, 2.45) is 0 Å². The van der Waals surface area contributed by atoms with E-state index in [-0.39, 0.29) is 24.0 Å². The second-order valence-corrected chi connectivity index (χ2v) is 3.88. The number of carbonyl (C=O) groups excluding carboxylic acids is 3. The van der Waals surface area contributed by atoms with Gasteiger partial charge < -0.3 is 4.84 Å². The van der Waals surface area contributed by atoms with Crippen LogP contribution in [0.15, 0.2) is 24.3 Å². The molecule has 0 radical (unpaired) electrons. The lowest BCUT2D eigenvalue weighted by Crippen LogP contribution is -2.32. The van der Waals surface area contributed by atoms with E-state index in [1.165, 1.54) is 0 Å². The van der Waals surface area contributed by atoms with Gasteiger partial charge in [0.15, 0.2) is 0 Å². The minimum absolute atomic E-state index is 0.00354. The maximum atomic E-state index is 12.3. The van der Waals surface area contributed by atoms with Gasteiger partial charge in [0.05, 0.1) is 5.56 Å². The number of nitrogens with zero attached hydrogens (tertiary/aromatic N) is 1. The second kappa shape index (κ2) is 5.13. The number of imide groups is 1. The number of halogens is 2. The first-order chi connectivity index (χ1) is 8.99. The van der Waals surface area contributed by atoms with Crippen molar-refractivity contribution in [2.75, 3.05) is 0 Å². The summed E-state index contributed by atoms with van der Waals surface area (Å²) in [6.07, 6.45) is -2.64. The molecule has 0 spiro atoms. The average molecular weight is 269 g/mol. The highest BCUT2D eigenvalue weighted by Gasteiger charge is 2.33. The molecule has 100 valence electrons. The summed E-state index contributed by atoms with van der Waals surface area (Å²) in [6.45, 7) is 0. The first-order valence-corrected chi connectivity index (χ1v) is 5.45. The fraction of sp³-hybridized carbons (Fsp3) is 0.250. The van der Waals surface area contributed by atoms with E-state index in [0.29, 0.717) is 5.06 Å². The summed E-state index contributed by atoms with van der Waals surface area (Å²) in [4.78, 5) is 38.7. The zero-order valence-corrected chi connectivity index (χ0v) is 9.64. The third-order valence-corrected chi connectivity index (χ3v) is 2.58. The van der Waals surface area contributed by atoms with Gasteiger partial charge in [-0.2, -0.15) is 0 Å². The summed E-state index contributed by atoms with van der Waals surface area (Å²) in [7, 11) is 0. The van der Waals surface area contributed by atoms with Crippen LogP contribution in [0.25, 0.3) is 0 Å². The average Bonchev–Trinajstić information content (AvgIpc) is 2.70. The van der Waals surface area contributed by atoms with Crippen LogP contribution in [-0.4, -0.2) is 22.8 Å². The third-order valence-electron chi connectivity index (χ3n) is 2.58. The van der Waals surface area contributed by atoms with Crippen LogP contribution in [0, 0.1) is 0 Å². The molecule has 2 rings (SSSR count). The molecule has 1 saturated heterocycles. The number of rotatable bonds is 3. The minimum atomic E-state index is -2.63. The Morgan fingerprint density at radius 2 is 1.63 bits per heavy atom. The number of amides is 2. The molecule has 0 aliphatic carbocycles. The molecule has 5 nitrogen and oxygen atoms in total. The molecule has 19 heavy (non-hydrogen) atoms. The van der Waals surface area contributed by atoms with E-state index in [0.717, 1.165) is 24.3 Å². The maximum Gasteiger partial charge on any atom is 0.363 e. The van der Waals surface area contributed by atoms with Crippen LogP contribution in [-0.2, 0) is 14.4 Å². The molecule has 1 fully saturated rings. The van der Waals surface area contributed by atoms with Crippen LogP contribution in [0.2, 0.25) is 0 Å². The number of benzene rings is 1. The van der Waals surface area contributed by atoms with Crippen molar-refractivity contribution in [3.05, 3.63) is 35.4 Å². The number of hydrogen-bond donors (Lipinski definition) is 0. The van der Waals surface area contributed by atoms with Gasteiger partial charge in [-0.1, -0.05) is 12.1 Å². The van der Waals surface area contributed by atoms with Gasteiger partial charge in [-0.15, -0.1) is 5.06 Å². The van der Waals surface area contributed by atoms with Gasteiger partial charge in [0, 0.05) is 18.4 Å². The highest BCUT2D eigenvalue weighted by atomic mass is 19.3.